The zero-order valence-corrected chi connectivity index (χ0v) is 12.7. The van der Waals surface area contributed by atoms with Crippen molar-refractivity contribution in [1.29, 1.82) is 10.8 Å². The average molecular weight is 297 g/mol. The lowest BCUT2D eigenvalue weighted by Gasteiger charge is -2.19. The molecular formula is C21H17N2. The van der Waals surface area contributed by atoms with Gasteiger partial charge in [0.1, 0.15) is 5.92 Å². The molecule has 0 heterocycles. The SMILES string of the molecule is N=C([C](C(=N)c1ccccc1)c1ccccc1)c1ccccc1. The van der Waals surface area contributed by atoms with Crippen molar-refractivity contribution in [2.24, 2.45) is 0 Å². The van der Waals surface area contributed by atoms with Gasteiger partial charge in [-0.2, -0.15) is 0 Å². The predicted octanol–water partition coefficient (Wildman–Crippen LogP) is 4.75. The normalized spacial score (nSPS) is 10.5. The van der Waals surface area contributed by atoms with E-state index in [2.05, 4.69) is 0 Å². The monoisotopic (exact) mass is 297 g/mol. The molecule has 1 radical (unpaired) electrons. The third-order valence-electron chi connectivity index (χ3n) is 3.69. The van der Waals surface area contributed by atoms with Crippen LogP contribution in [0, 0.1) is 16.7 Å². The van der Waals surface area contributed by atoms with Crippen LogP contribution in [-0.2, 0) is 0 Å². The number of rotatable bonds is 5. The molecule has 0 aliphatic carbocycles. The van der Waals surface area contributed by atoms with Crippen molar-refractivity contribution in [3.63, 3.8) is 0 Å². The summed E-state index contributed by atoms with van der Waals surface area (Å²) in [4.78, 5) is 0. The Kier molecular flexibility index (Phi) is 4.44. The molecule has 0 fully saturated rings. The topological polar surface area (TPSA) is 47.7 Å². The van der Waals surface area contributed by atoms with Crippen molar-refractivity contribution < 1.29 is 0 Å². The Morgan fingerprint density at radius 1 is 0.435 bits per heavy atom. The highest BCUT2D eigenvalue weighted by Crippen LogP contribution is 2.24. The number of hydrogen-bond acceptors (Lipinski definition) is 2. The van der Waals surface area contributed by atoms with Gasteiger partial charge in [-0.3, -0.25) is 0 Å². The molecule has 0 aliphatic rings. The van der Waals surface area contributed by atoms with Crippen LogP contribution in [0.5, 0.6) is 0 Å². The molecule has 2 N–H and O–H groups in total. The summed E-state index contributed by atoms with van der Waals surface area (Å²) < 4.78 is 0. The minimum Gasteiger partial charge on any atom is -0.303 e. The van der Waals surface area contributed by atoms with Crippen molar-refractivity contribution in [3.05, 3.63) is 114 Å². The molecule has 23 heavy (non-hydrogen) atoms. The molecule has 2 heteroatoms. The summed E-state index contributed by atoms with van der Waals surface area (Å²) in [6.07, 6.45) is 0. The average Bonchev–Trinajstić information content (AvgIpc) is 2.64. The first-order chi connectivity index (χ1) is 11.3. The van der Waals surface area contributed by atoms with Crippen molar-refractivity contribution in [3.8, 4) is 0 Å². The summed E-state index contributed by atoms with van der Waals surface area (Å²) in [5, 5.41) is 17.3. The molecule has 0 amide bonds. The number of hydrogen-bond donors (Lipinski definition) is 2. The van der Waals surface area contributed by atoms with E-state index >= 15 is 0 Å². The summed E-state index contributed by atoms with van der Waals surface area (Å²) >= 11 is 0. The van der Waals surface area contributed by atoms with Crippen molar-refractivity contribution in [2.45, 2.75) is 0 Å². The van der Waals surface area contributed by atoms with E-state index in [1.54, 1.807) is 0 Å². The van der Waals surface area contributed by atoms with Crippen LogP contribution < -0.4 is 0 Å². The molecule has 3 aromatic carbocycles. The van der Waals surface area contributed by atoms with Gasteiger partial charge in [-0.25, -0.2) is 0 Å². The highest BCUT2D eigenvalue weighted by molar-refractivity contribution is 6.32. The summed E-state index contributed by atoms with van der Waals surface area (Å²) in [5.41, 5.74) is 3.24. The van der Waals surface area contributed by atoms with Crippen LogP contribution in [0.3, 0.4) is 0 Å². The highest BCUT2D eigenvalue weighted by Gasteiger charge is 2.25. The Bertz CT molecular complexity index is 742. The fourth-order valence-corrected chi connectivity index (χ4v) is 2.52. The summed E-state index contributed by atoms with van der Waals surface area (Å²) in [7, 11) is 0. The lowest BCUT2D eigenvalue weighted by Crippen LogP contribution is -2.23. The zero-order valence-electron chi connectivity index (χ0n) is 12.7. The molecule has 0 aliphatic heterocycles. The molecule has 0 saturated carbocycles. The molecule has 0 unspecified atom stereocenters. The van der Waals surface area contributed by atoms with E-state index in [-0.39, 0.29) is 0 Å². The van der Waals surface area contributed by atoms with Gasteiger partial charge in [0.05, 0.1) is 11.4 Å². The Hall–Kier alpha value is -3.00. The summed E-state index contributed by atoms with van der Waals surface area (Å²) in [5.74, 6) is 0.642. The maximum atomic E-state index is 8.63. The van der Waals surface area contributed by atoms with Gasteiger partial charge >= 0.3 is 0 Å². The largest absolute Gasteiger partial charge is 0.303 e. The van der Waals surface area contributed by atoms with E-state index in [4.69, 9.17) is 10.8 Å². The molecule has 3 aromatic rings. The molecule has 111 valence electrons. The van der Waals surface area contributed by atoms with Crippen LogP contribution in [0.2, 0.25) is 0 Å². The highest BCUT2D eigenvalue weighted by atomic mass is 14.5. The lowest BCUT2D eigenvalue weighted by molar-refractivity contribution is 1.33. The third kappa shape index (κ3) is 3.27. The van der Waals surface area contributed by atoms with Crippen LogP contribution in [0.1, 0.15) is 16.7 Å². The molecule has 2 nitrogen and oxygen atoms in total. The van der Waals surface area contributed by atoms with Crippen LogP contribution in [0.25, 0.3) is 0 Å². The van der Waals surface area contributed by atoms with Gasteiger partial charge in [-0.15, -0.1) is 0 Å². The van der Waals surface area contributed by atoms with Crippen LogP contribution in [-0.4, -0.2) is 11.4 Å². The fraction of sp³-hybridized carbons (Fsp3) is 0. The maximum Gasteiger partial charge on any atom is 0.100 e. The molecule has 0 spiro atoms. The standard InChI is InChI=1S/C21H17N2/c22-20(17-12-6-2-7-13-17)19(16-10-4-1-5-11-16)21(23)18-14-8-3-9-15-18/h1-15,22-23H. The Labute approximate surface area is 136 Å². The quantitative estimate of drug-likeness (QED) is 0.639. The summed E-state index contributed by atoms with van der Waals surface area (Å²) in [6.45, 7) is 0. The fourth-order valence-electron chi connectivity index (χ4n) is 2.52. The van der Waals surface area contributed by atoms with E-state index in [0.29, 0.717) is 17.3 Å². The zero-order chi connectivity index (χ0) is 16.1. The second-order valence-electron chi connectivity index (χ2n) is 5.22. The van der Waals surface area contributed by atoms with Crippen molar-refractivity contribution in [2.75, 3.05) is 0 Å². The van der Waals surface area contributed by atoms with E-state index in [9.17, 15) is 0 Å². The predicted molar refractivity (Wildman–Crippen MR) is 95.3 cm³/mol. The number of nitrogens with one attached hydrogen (secondary N) is 2. The lowest BCUT2D eigenvalue weighted by atomic mass is 9.83. The molecule has 0 bridgehead atoms. The maximum absolute atomic E-state index is 8.63. The molecule has 0 atom stereocenters. The molecule has 3 rings (SSSR count). The van der Waals surface area contributed by atoms with Crippen LogP contribution >= 0.6 is 0 Å². The van der Waals surface area contributed by atoms with Gasteiger partial charge in [0, 0.05) is 0 Å². The Morgan fingerprint density at radius 3 is 1.09 bits per heavy atom. The van der Waals surface area contributed by atoms with Gasteiger partial charge < -0.3 is 10.8 Å². The first-order valence-electron chi connectivity index (χ1n) is 7.48. The second-order valence-corrected chi connectivity index (χ2v) is 5.22. The van der Waals surface area contributed by atoms with Gasteiger partial charge in [0.2, 0.25) is 0 Å². The Morgan fingerprint density at radius 2 is 0.739 bits per heavy atom. The number of benzene rings is 3. The van der Waals surface area contributed by atoms with Crippen LogP contribution in [0.4, 0.5) is 0 Å². The molecule has 0 aromatic heterocycles. The first-order valence-corrected chi connectivity index (χ1v) is 7.48. The first kappa shape index (κ1) is 14.9. The van der Waals surface area contributed by atoms with Gasteiger partial charge in [0.15, 0.2) is 0 Å². The van der Waals surface area contributed by atoms with E-state index in [1.165, 1.54) is 0 Å². The van der Waals surface area contributed by atoms with Gasteiger partial charge in [-0.05, 0) is 16.7 Å². The van der Waals surface area contributed by atoms with Crippen molar-refractivity contribution >= 4 is 11.4 Å². The third-order valence-corrected chi connectivity index (χ3v) is 3.69. The van der Waals surface area contributed by atoms with E-state index < -0.39 is 0 Å². The van der Waals surface area contributed by atoms with E-state index in [0.717, 1.165) is 16.7 Å². The molecular weight excluding hydrogens is 280 g/mol. The smallest absolute Gasteiger partial charge is 0.100 e. The van der Waals surface area contributed by atoms with Crippen LogP contribution in [0.15, 0.2) is 91.0 Å². The van der Waals surface area contributed by atoms with Gasteiger partial charge in [0.25, 0.3) is 0 Å². The second kappa shape index (κ2) is 6.84. The summed E-state index contributed by atoms with van der Waals surface area (Å²) in [6, 6.07) is 28.9. The van der Waals surface area contributed by atoms with Crippen molar-refractivity contribution in [1.82, 2.24) is 0 Å². The minimum absolute atomic E-state index is 0.366. The van der Waals surface area contributed by atoms with E-state index in [1.807, 2.05) is 91.0 Å². The Balaban J connectivity index is 2.05. The molecule has 0 saturated heterocycles. The minimum atomic E-state index is 0.366. The van der Waals surface area contributed by atoms with Gasteiger partial charge in [-0.1, -0.05) is 91.0 Å².